The van der Waals surface area contributed by atoms with Crippen LogP contribution in [0.4, 0.5) is 4.79 Å². The van der Waals surface area contributed by atoms with Crippen molar-refractivity contribution < 1.29 is 19.4 Å². The number of nitrogens with zero attached hydrogens (tertiary/aromatic N) is 3. The maximum atomic E-state index is 12.1. The average molecular weight is 471 g/mol. The third-order valence-corrected chi connectivity index (χ3v) is 7.10. The first kappa shape index (κ1) is 21.8. The first-order valence-electron chi connectivity index (χ1n) is 11.8. The Labute approximate surface area is 202 Å². The van der Waals surface area contributed by atoms with Crippen LogP contribution >= 0.6 is 0 Å². The number of piperazine rings is 1. The molecule has 2 aliphatic rings. The van der Waals surface area contributed by atoms with E-state index in [1.165, 1.54) is 0 Å². The number of hydrogen-bond acceptors (Lipinski definition) is 6. The molecule has 178 valence electrons. The molecule has 3 aromatic carbocycles. The van der Waals surface area contributed by atoms with Gasteiger partial charge >= 0.3 is 6.09 Å². The molecule has 2 bridgehead atoms. The Balaban J connectivity index is 1.54. The minimum absolute atomic E-state index is 0.0167. The first-order valence-corrected chi connectivity index (χ1v) is 11.8. The fourth-order valence-electron chi connectivity index (χ4n) is 5.62. The minimum Gasteiger partial charge on any atom is -0.468 e. The van der Waals surface area contributed by atoms with Crippen molar-refractivity contribution in [2.45, 2.75) is 24.4 Å². The lowest BCUT2D eigenvalue weighted by Gasteiger charge is -2.34. The fraction of sp³-hybridized carbons (Fsp3) is 0.296. The summed E-state index contributed by atoms with van der Waals surface area (Å²) in [6.07, 6.45) is -0.126. The highest BCUT2D eigenvalue weighted by atomic mass is 16.7. The summed E-state index contributed by atoms with van der Waals surface area (Å²) < 4.78 is 10.9. The summed E-state index contributed by atoms with van der Waals surface area (Å²) in [6.45, 7) is 1.42. The highest BCUT2D eigenvalue weighted by molar-refractivity contribution is 5.97. The van der Waals surface area contributed by atoms with Gasteiger partial charge in [-0.05, 0) is 35.4 Å². The number of aromatic nitrogens is 2. The molecular weight excluding hydrogens is 444 g/mol. The molecule has 8 nitrogen and oxygen atoms in total. The lowest BCUT2D eigenvalue weighted by atomic mass is 9.92. The molecule has 0 saturated carbocycles. The molecule has 35 heavy (non-hydrogen) atoms. The van der Waals surface area contributed by atoms with Gasteiger partial charge in [0, 0.05) is 43.1 Å². The van der Waals surface area contributed by atoms with Crippen molar-refractivity contribution in [1.82, 2.24) is 20.2 Å². The van der Waals surface area contributed by atoms with Gasteiger partial charge < -0.3 is 19.9 Å². The number of benzene rings is 3. The van der Waals surface area contributed by atoms with Gasteiger partial charge in [0.25, 0.3) is 0 Å². The molecule has 2 N–H and O–H groups in total. The number of rotatable bonds is 5. The normalized spacial score (nSPS) is 21.5. The Bertz CT molecular complexity index is 1430. The van der Waals surface area contributed by atoms with E-state index >= 15 is 0 Å². The number of hydrogen-bond donors (Lipinski definition) is 2. The molecule has 0 aliphatic carbocycles. The predicted molar refractivity (Wildman–Crippen MR) is 133 cm³/mol. The third kappa shape index (κ3) is 3.75. The molecule has 3 unspecified atom stereocenters. The number of carboxylic acid groups (broad SMARTS) is 1. The van der Waals surface area contributed by atoms with E-state index in [-0.39, 0.29) is 24.8 Å². The molecule has 1 amide bonds. The van der Waals surface area contributed by atoms with Gasteiger partial charge in [0.15, 0.2) is 12.6 Å². The van der Waals surface area contributed by atoms with Crippen LogP contribution in [-0.2, 0) is 4.74 Å². The molecule has 8 heteroatoms. The van der Waals surface area contributed by atoms with Crippen LogP contribution < -0.4 is 10.1 Å². The zero-order valence-electron chi connectivity index (χ0n) is 19.3. The molecule has 2 saturated heterocycles. The van der Waals surface area contributed by atoms with Crippen LogP contribution in [0.3, 0.4) is 0 Å². The minimum atomic E-state index is -0.864. The molecule has 6 rings (SSSR count). The van der Waals surface area contributed by atoms with E-state index in [4.69, 9.17) is 19.4 Å². The van der Waals surface area contributed by atoms with Crippen LogP contribution in [-0.4, -0.2) is 65.1 Å². The van der Waals surface area contributed by atoms with Gasteiger partial charge in [0.1, 0.15) is 5.75 Å². The summed E-state index contributed by atoms with van der Waals surface area (Å²) in [5.74, 6) is 1.27. The standard InChI is InChI=1S/C27H26N4O4/c1-34-15-35-18-10-16-6-2-3-7-19(16)21(12-18)26-29-23-9-5-4-8-20(23)25(30-26)22-11-17-13-28-14-24(22)31(17)27(32)33/h2-10,12,17,22,24,28H,11,13-15H2,1H3,(H,32,33). The van der Waals surface area contributed by atoms with E-state index in [2.05, 4.69) is 11.4 Å². The van der Waals surface area contributed by atoms with Gasteiger partial charge in [-0.15, -0.1) is 0 Å². The Morgan fingerprint density at radius 1 is 1.09 bits per heavy atom. The van der Waals surface area contributed by atoms with E-state index in [1.807, 2.05) is 54.6 Å². The largest absolute Gasteiger partial charge is 0.468 e. The van der Waals surface area contributed by atoms with Crippen LogP contribution in [0.15, 0.2) is 60.7 Å². The summed E-state index contributed by atoms with van der Waals surface area (Å²) in [5, 5.41) is 16.3. The van der Waals surface area contributed by atoms with Crippen molar-refractivity contribution in [2.24, 2.45) is 0 Å². The van der Waals surface area contributed by atoms with Crippen molar-refractivity contribution in [1.29, 1.82) is 0 Å². The number of fused-ring (bicyclic) bond motifs is 4. The number of carbonyl (C=O) groups is 1. The van der Waals surface area contributed by atoms with Crippen molar-refractivity contribution in [2.75, 3.05) is 27.0 Å². The quantitative estimate of drug-likeness (QED) is 0.421. The Morgan fingerprint density at radius 3 is 2.69 bits per heavy atom. The summed E-state index contributed by atoms with van der Waals surface area (Å²) in [6, 6.07) is 19.8. The zero-order chi connectivity index (χ0) is 23.9. The maximum absolute atomic E-state index is 12.1. The number of amides is 1. The van der Waals surface area contributed by atoms with Crippen LogP contribution in [0, 0.1) is 0 Å². The van der Waals surface area contributed by atoms with Gasteiger partial charge in [-0.1, -0.05) is 42.5 Å². The summed E-state index contributed by atoms with van der Waals surface area (Å²) in [5.41, 5.74) is 2.62. The summed E-state index contributed by atoms with van der Waals surface area (Å²) in [7, 11) is 1.59. The summed E-state index contributed by atoms with van der Waals surface area (Å²) in [4.78, 5) is 23.8. The number of ether oxygens (including phenoxy) is 2. The molecular formula is C27H26N4O4. The van der Waals surface area contributed by atoms with E-state index in [9.17, 15) is 9.90 Å². The average Bonchev–Trinajstić information content (AvgIpc) is 3.12. The molecule has 2 fully saturated rings. The SMILES string of the molecule is COCOc1cc(-c2nc(C3CC4CNCC3N4C(=O)O)c3ccccc3n2)c2ccccc2c1. The van der Waals surface area contributed by atoms with Gasteiger partial charge in [0.2, 0.25) is 0 Å². The van der Waals surface area contributed by atoms with E-state index in [0.29, 0.717) is 24.7 Å². The highest BCUT2D eigenvalue weighted by Gasteiger charge is 2.47. The van der Waals surface area contributed by atoms with Gasteiger partial charge in [-0.25, -0.2) is 14.8 Å². The number of methoxy groups -OCH3 is 1. The van der Waals surface area contributed by atoms with Crippen molar-refractivity contribution in [3.63, 3.8) is 0 Å². The second-order valence-corrected chi connectivity index (χ2v) is 9.10. The van der Waals surface area contributed by atoms with Crippen LogP contribution in [0.2, 0.25) is 0 Å². The number of nitrogens with one attached hydrogen (secondary N) is 1. The second kappa shape index (κ2) is 8.79. The predicted octanol–water partition coefficient (Wildman–Crippen LogP) is 4.24. The summed E-state index contributed by atoms with van der Waals surface area (Å²) >= 11 is 0. The number of para-hydroxylation sites is 1. The maximum Gasteiger partial charge on any atom is 0.407 e. The third-order valence-electron chi connectivity index (χ3n) is 7.10. The highest BCUT2D eigenvalue weighted by Crippen LogP contribution is 2.42. The van der Waals surface area contributed by atoms with E-state index in [1.54, 1.807) is 12.0 Å². The molecule has 0 spiro atoms. The molecule has 4 aromatic rings. The van der Waals surface area contributed by atoms with Crippen molar-refractivity contribution >= 4 is 27.8 Å². The van der Waals surface area contributed by atoms with Crippen molar-refractivity contribution in [3.05, 3.63) is 66.4 Å². The topological polar surface area (TPSA) is 96.8 Å². The lowest BCUT2D eigenvalue weighted by molar-refractivity contribution is 0.0512. The molecule has 0 radical (unpaired) electrons. The molecule has 3 atom stereocenters. The van der Waals surface area contributed by atoms with Gasteiger partial charge in [-0.3, -0.25) is 4.90 Å². The van der Waals surface area contributed by atoms with E-state index < -0.39 is 6.09 Å². The van der Waals surface area contributed by atoms with E-state index in [0.717, 1.165) is 39.4 Å². The molecule has 3 heterocycles. The van der Waals surface area contributed by atoms with Crippen LogP contribution in [0.5, 0.6) is 5.75 Å². The second-order valence-electron chi connectivity index (χ2n) is 9.10. The molecule has 2 aliphatic heterocycles. The zero-order valence-corrected chi connectivity index (χ0v) is 19.3. The first-order chi connectivity index (χ1) is 17.1. The van der Waals surface area contributed by atoms with Crippen LogP contribution in [0.1, 0.15) is 18.0 Å². The molecule has 1 aromatic heterocycles. The fourth-order valence-corrected chi connectivity index (χ4v) is 5.62. The van der Waals surface area contributed by atoms with Crippen LogP contribution in [0.25, 0.3) is 33.1 Å². The smallest absolute Gasteiger partial charge is 0.407 e. The van der Waals surface area contributed by atoms with Gasteiger partial charge in [-0.2, -0.15) is 0 Å². The lowest BCUT2D eigenvalue weighted by Crippen LogP contribution is -2.54. The van der Waals surface area contributed by atoms with Gasteiger partial charge in [0.05, 0.1) is 17.3 Å². The monoisotopic (exact) mass is 470 g/mol. The Hall–Kier alpha value is -3.75. The Morgan fingerprint density at radius 2 is 1.89 bits per heavy atom. The Kier molecular flexibility index (Phi) is 5.47. The van der Waals surface area contributed by atoms with Crippen molar-refractivity contribution in [3.8, 4) is 17.1 Å².